The zero-order chi connectivity index (χ0) is 20.1. The maximum Gasteiger partial charge on any atom is 0.211 e. The summed E-state index contributed by atoms with van der Waals surface area (Å²) in [6, 6.07) is 5.99. The second-order valence-electron chi connectivity index (χ2n) is 7.33. The van der Waals surface area contributed by atoms with Gasteiger partial charge < -0.3 is 0 Å². The minimum atomic E-state index is -3.16. The number of hydrogen-bond acceptors (Lipinski definition) is 3. The lowest BCUT2D eigenvalue weighted by atomic mass is 9.76. The van der Waals surface area contributed by atoms with Crippen LogP contribution in [0.5, 0.6) is 0 Å². The molecule has 4 nitrogen and oxygen atoms in total. The van der Waals surface area contributed by atoms with Crippen LogP contribution in [-0.2, 0) is 10.0 Å². The van der Waals surface area contributed by atoms with Gasteiger partial charge in [0.1, 0.15) is 0 Å². The van der Waals surface area contributed by atoms with Crippen LogP contribution in [0.3, 0.4) is 0 Å². The van der Waals surface area contributed by atoms with Crippen molar-refractivity contribution in [3.05, 3.63) is 60.7 Å². The Bertz CT molecular complexity index is 1060. The summed E-state index contributed by atoms with van der Waals surface area (Å²) in [5.41, 5.74) is 4.35. The molecule has 2 aromatic rings. The first-order valence-corrected chi connectivity index (χ1v) is 12.8. The van der Waals surface area contributed by atoms with E-state index in [2.05, 4.69) is 50.1 Å². The summed E-state index contributed by atoms with van der Waals surface area (Å²) < 4.78 is 27.3. The van der Waals surface area contributed by atoms with E-state index in [1.165, 1.54) is 11.8 Å². The lowest BCUT2D eigenvalue weighted by molar-refractivity contribution is 0.256. The maximum atomic E-state index is 11.9. The molecule has 1 fully saturated rings. The second kappa shape index (κ2) is 7.84. The molecule has 0 amide bonds. The van der Waals surface area contributed by atoms with Gasteiger partial charge >= 0.3 is 0 Å². The van der Waals surface area contributed by atoms with Crippen LogP contribution in [0.15, 0.2) is 33.3 Å². The molecule has 0 bridgehead atoms. The average molecular weight is 547 g/mol. The highest BCUT2D eigenvalue weighted by atomic mass is 79.9. The van der Waals surface area contributed by atoms with Crippen molar-refractivity contribution in [3.8, 4) is 0 Å². The smallest absolute Gasteiger partial charge is 0.211 e. The van der Waals surface area contributed by atoms with Crippen LogP contribution in [0.4, 0.5) is 0 Å². The fraction of sp³-hybridized carbons (Fsp3) is 0.350. The number of aromatic nitrogens is 1. The Hall–Kier alpha value is -0.730. The standard InChI is InChI=1S/C20H19Br2ClN2O2S/c1-28(26,27)25-6-4-12(5-7-25)19-18-13(9-16(23)10-17(18)22)2-3-14-8-15(21)11-24-20(14)19/h2-3,8-12,19H,4-7H2,1H3/t19-/m1/s1. The van der Waals surface area contributed by atoms with E-state index in [4.69, 9.17) is 16.6 Å². The summed E-state index contributed by atoms with van der Waals surface area (Å²) in [6.45, 7) is 1.08. The molecule has 4 rings (SSSR count). The number of rotatable bonds is 2. The Labute approximate surface area is 187 Å². The number of sulfonamides is 1. The number of fused-ring (bicyclic) bond motifs is 2. The van der Waals surface area contributed by atoms with Gasteiger partial charge in [-0.15, -0.1) is 0 Å². The molecule has 1 aliphatic carbocycles. The van der Waals surface area contributed by atoms with E-state index in [1.807, 2.05) is 18.3 Å². The predicted molar refractivity (Wildman–Crippen MR) is 121 cm³/mol. The number of nitrogens with zero attached hydrogens (tertiary/aromatic N) is 2. The first kappa shape index (κ1) is 20.5. The van der Waals surface area contributed by atoms with Gasteiger partial charge in [0.05, 0.1) is 11.9 Å². The van der Waals surface area contributed by atoms with E-state index < -0.39 is 10.0 Å². The van der Waals surface area contributed by atoms with Crippen molar-refractivity contribution in [2.24, 2.45) is 5.92 Å². The molecule has 1 aromatic heterocycles. The summed E-state index contributed by atoms with van der Waals surface area (Å²) in [5, 5.41) is 0.681. The SMILES string of the molecule is CS(=O)(=O)N1CCC([C@H]2c3ncc(Br)cc3C=Cc3cc(Cl)cc(Br)c32)CC1. The van der Waals surface area contributed by atoms with Gasteiger partial charge in [-0.2, -0.15) is 0 Å². The summed E-state index contributed by atoms with van der Waals surface area (Å²) >= 11 is 13.6. The van der Waals surface area contributed by atoms with Crippen LogP contribution in [-0.4, -0.2) is 37.1 Å². The Morgan fingerprint density at radius 2 is 1.79 bits per heavy atom. The summed E-state index contributed by atoms with van der Waals surface area (Å²) in [7, 11) is -3.16. The molecule has 2 heterocycles. The lowest BCUT2D eigenvalue weighted by Crippen LogP contribution is -2.39. The van der Waals surface area contributed by atoms with Crippen LogP contribution >= 0.6 is 43.5 Å². The molecule has 8 heteroatoms. The molecule has 0 unspecified atom stereocenters. The third kappa shape index (κ3) is 3.97. The van der Waals surface area contributed by atoms with Gasteiger partial charge in [-0.25, -0.2) is 12.7 Å². The third-order valence-corrected chi connectivity index (χ3v) is 8.14. The van der Waals surface area contributed by atoms with Crippen LogP contribution in [0, 0.1) is 5.92 Å². The summed E-state index contributed by atoms with van der Waals surface area (Å²) in [5.74, 6) is 0.364. The predicted octanol–water partition coefficient (Wildman–Crippen LogP) is 5.55. The van der Waals surface area contributed by atoms with E-state index >= 15 is 0 Å². The van der Waals surface area contributed by atoms with Gasteiger partial charge in [0, 0.05) is 39.2 Å². The van der Waals surface area contributed by atoms with Crippen LogP contribution in [0.2, 0.25) is 5.02 Å². The minimum absolute atomic E-state index is 0.0708. The van der Waals surface area contributed by atoms with Crippen molar-refractivity contribution in [1.82, 2.24) is 9.29 Å². The molecule has 0 N–H and O–H groups in total. The van der Waals surface area contributed by atoms with Gasteiger partial charge in [0.25, 0.3) is 0 Å². The van der Waals surface area contributed by atoms with Crippen LogP contribution < -0.4 is 0 Å². The Morgan fingerprint density at radius 3 is 2.46 bits per heavy atom. The first-order chi connectivity index (χ1) is 13.2. The van der Waals surface area contributed by atoms with Gasteiger partial charge in [-0.1, -0.05) is 39.7 Å². The van der Waals surface area contributed by atoms with E-state index in [9.17, 15) is 8.42 Å². The van der Waals surface area contributed by atoms with Gasteiger partial charge in [-0.05, 0) is 69.6 Å². The van der Waals surface area contributed by atoms with E-state index in [0.717, 1.165) is 38.6 Å². The molecule has 1 atom stereocenters. The zero-order valence-electron chi connectivity index (χ0n) is 15.2. The fourth-order valence-electron chi connectivity index (χ4n) is 4.25. The fourth-order valence-corrected chi connectivity index (χ4v) is 6.55. The molecule has 0 radical (unpaired) electrons. The van der Waals surface area contributed by atoms with Gasteiger partial charge in [0.2, 0.25) is 10.0 Å². The van der Waals surface area contributed by atoms with Crippen molar-refractivity contribution >= 4 is 65.6 Å². The lowest BCUT2D eigenvalue weighted by Gasteiger charge is -2.36. The number of piperidine rings is 1. The number of halogens is 3. The second-order valence-corrected chi connectivity index (χ2v) is 11.5. The van der Waals surface area contributed by atoms with Crippen LogP contribution in [0.1, 0.15) is 41.1 Å². The molecule has 1 aliphatic heterocycles. The Morgan fingerprint density at radius 1 is 1.11 bits per heavy atom. The number of benzene rings is 1. The molecule has 0 spiro atoms. The van der Waals surface area contributed by atoms with Gasteiger partial charge in [0.15, 0.2) is 0 Å². The zero-order valence-corrected chi connectivity index (χ0v) is 19.9. The molecule has 1 aromatic carbocycles. The number of hydrogen-bond donors (Lipinski definition) is 0. The van der Waals surface area contributed by atoms with Crippen molar-refractivity contribution in [2.45, 2.75) is 18.8 Å². The quantitative estimate of drug-likeness (QED) is 0.497. The van der Waals surface area contributed by atoms with Crippen molar-refractivity contribution in [2.75, 3.05) is 19.3 Å². The molecule has 1 saturated heterocycles. The molecule has 28 heavy (non-hydrogen) atoms. The summed E-state index contributed by atoms with van der Waals surface area (Å²) in [6.07, 6.45) is 8.88. The molecular formula is C20H19Br2ClN2O2S. The highest BCUT2D eigenvalue weighted by Gasteiger charge is 2.36. The topological polar surface area (TPSA) is 50.3 Å². The average Bonchev–Trinajstić information content (AvgIpc) is 2.78. The van der Waals surface area contributed by atoms with Gasteiger partial charge in [-0.3, -0.25) is 4.98 Å². The van der Waals surface area contributed by atoms with Crippen LogP contribution in [0.25, 0.3) is 12.2 Å². The maximum absolute atomic E-state index is 11.9. The van der Waals surface area contributed by atoms with E-state index in [1.54, 1.807) is 4.31 Å². The number of pyridine rings is 1. The summed E-state index contributed by atoms with van der Waals surface area (Å²) in [4.78, 5) is 4.78. The van der Waals surface area contributed by atoms with Crippen molar-refractivity contribution < 1.29 is 8.42 Å². The highest BCUT2D eigenvalue weighted by molar-refractivity contribution is 9.10. The largest absolute Gasteiger partial charge is 0.259 e. The van der Waals surface area contributed by atoms with Crippen molar-refractivity contribution in [3.63, 3.8) is 0 Å². The Balaban J connectivity index is 1.81. The highest BCUT2D eigenvalue weighted by Crippen LogP contribution is 2.46. The molecule has 2 aliphatic rings. The minimum Gasteiger partial charge on any atom is -0.259 e. The normalized spacial score (nSPS) is 20.5. The third-order valence-electron chi connectivity index (χ3n) is 5.53. The molecule has 0 saturated carbocycles. The molecular weight excluding hydrogens is 528 g/mol. The van der Waals surface area contributed by atoms with E-state index in [-0.39, 0.29) is 5.92 Å². The first-order valence-electron chi connectivity index (χ1n) is 9.01. The van der Waals surface area contributed by atoms with E-state index in [0.29, 0.717) is 24.0 Å². The van der Waals surface area contributed by atoms with Crippen molar-refractivity contribution in [1.29, 1.82) is 0 Å². The monoisotopic (exact) mass is 544 g/mol. The Kier molecular flexibility index (Phi) is 5.75. The molecule has 148 valence electrons.